The van der Waals surface area contributed by atoms with Crippen molar-refractivity contribution in [2.75, 3.05) is 11.9 Å². The number of amides is 2. The van der Waals surface area contributed by atoms with E-state index >= 15 is 0 Å². The Bertz CT molecular complexity index is 816. The fourth-order valence-electron chi connectivity index (χ4n) is 2.11. The lowest BCUT2D eigenvalue weighted by molar-refractivity contribution is -0.148. The molecule has 0 spiro atoms. The van der Waals surface area contributed by atoms with Crippen molar-refractivity contribution in [3.63, 3.8) is 0 Å². The third-order valence-electron chi connectivity index (χ3n) is 3.45. The van der Waals surface area contributed by atoms with Crippen molar-refractivity contribution >= 4 is 35.2 Å². The summed E-state index contributed by atoms with van der Waals surface area (Å²) in [5.74, 6) is -4.31. The normalized spacial score (nSPS) is 11.6. The van der Waals surface area contributed by atoms with E-state index in [9.17, 15) is 23.2 Å². The number of thioether (sulfide) groups is 1. The van der Waals surface area contributed by atoms with E-state index in [1.165, 1.54) is 31.2 Å². The van der Waals surface area contributed by atoms with Crippen LogP contribution in [0.5, 0.6) is 0 Å². The van der Waals surface area contributed by atoms with Gasteiger partial charge in [-0.05, 0) is 43.3 Å². The van der Waals surface area contributed by atoms with Crippen LogP contribution >= 0.6 is 11.8 Å². The zero-order chi connectivity index (χ0) is 20.5. The fourth-order valence-corrected chi connectivity index (χ4v) is 2.61. The maximum absolute atomic E-state index is 12.3. The van der Waals surface area contributed by atoms with Crippen molar-refractivity contribution in [2.24, 2.45) is 0 Å². The van der Waals surface area contributed by atoms with Crippen molar-refractivity contribution < 1.29 is 27.9 Å². The summed E-state index contributed by atoms with van der Waals surface area (Å²) in [6.45, 7) is 0.901. The Morgan fingerprint density at radius 3 is 2.29 bits per heavy atom. The molecule has 2 rings (SSSR count). The summed E-state index contributed by atoms with van der Waals surface area (Å²) in [5, 5.41) is 4.97. The maximum atomic E-state index is 12.3. The molecule has 0 heterocycles. The lowest BCUT2D eigenvalue weighted by Gasteiger charge is -2.13. The molecule has 28 heavy (non-hydrogen) atoms. The highest BCUT2D eigenvalue weighted by atomic mass is 32.2. The lowest BCUT2D eigenvalue weighted by Crippen LogP contribution is -2.40. The Morgan fingerprint density at radius 2 is 1.68 bits per heavy atom. The summed E-state index contributed by atoms with van der Waals surface area (Å²) >= 11 is 0.397. The number of alkyl halides is 2. The van der Waals surface area contributed by atoms with Crippen LogP contribution in [0.3, 0.4) is 0 Å². The Balaban J connectivity index is 1.76. The number of carbonyl (C=O) groups excluding carboxylic acids is 3. The highest BCUT2D eigenvalue weighted by Gasteiger charge is 2.19. The molecule has 2 N–H and O–H groups in total. The van der Waals surface area contributed by atoms with Gasteiger partial charge >= 0.3 is 5.97 Å². The summed E-state index contributed by atoms with van der Waals surface area (Å²) < 4.78 is 29.4. The van der Waals surface area contributed by atoms with Gasteiger partial charge in [0.2, 0.25) is 0 Å². The highest BCUT2D eigenvalue weighted by molar-refractivity contribution is 7.99. The molecule has 0 aliphatic rings. The Morgan fingerprint density at radius 1 is 1.04 bits per heavy atom. The van der Waals surface area contributed by atoms with Gasteiger partial charge in [-0.15, -0.1) is 0 Å². The first-order valence-electron chi connectivity index (χ1n) is 8.22. The minimum Gasteiger partial charge on any atom is -0.454 e. The SMILES string of the molecule is C[C@H](NC(=O)c1ccccc1)C(=O)OCC(=O)Nc1ccc(SC(F)F)cc1. The zero-order valence-electron chi connectivity index (χ0n) is 14.9. The number of hydrogen-bond donors (Lipinski definition) is 2. The molecule has 0 radical (unpaired) electrons. The summed E-state index contributed by atoms with van der Waals surface area (Å²) in [6, 6.07) is 13.2. The van der Waals surface area contributed by atoms with Gasteiger partial charge in [-0.2, -0.15) is 8.78 Å². The van der Waals surface area contributed by atoms with E-state index in [1.54, 1.807) is 30.3 Å². The molecular formula is C19H18F2N2O4S. The average molecular weight is 408 g/mol. The summed E-state index contributed by atoms with van der Waals surface area (Å²) in [5.41, 5.74) is 0.776. The number of carbonyl (C=O) groups is 3. The molecule has 6 nitrogen and oxygen atoms in total. The van der Waals surface area contributed by atoms with Crippen LogP contribution in [0.1, 0.15) is 17.3 Å². The minimum absolute atomic E-state index is 0.363. The van der Waals surface area contributed by atoms with Gasteiger partial charge < -0.3 is 15.4 Å². The van der Waals surface area contributed by atoms with Gasteiger partial charge in [0.05, 0.1) is 0 Å². The largest absolute Gasteiger partial charge is 0.454 e. The van der Waals surface area contributed by atoms with Crippen molar-refractivity contribution in [1.29, 1.82) is 0 Å². The quantitative estimate of drug-likeness (QED) is 0.517. The third-order valence-corrected chi connectivity index (χ3v) is 4.17. The topological polar surface area (TPSA) is 84.5 Å². The van der Waals surface area contributed by atoms with Crippen LogP contribution in [0.25, 0.3) is 0 Å². The van der Waals surface area contributed by atoms with E-state index in [2.05, 4.69) is 10.6 Å². The molecule has 0 aliphatic carbocycles. The number of halogens is 2. The van der Waals surface area contributed by atoms with Crippen LogP contribution in [0.4, 0.5) is 14.5 Å². The molecule has 9 heteroatoms. The van der Waals surface area contributed by atoms with Gasteiger partial charge in [-0.1, -0.05) is 30.0 Å². The number of ether oxygens (including phenoxy) is 1. The van der Waals surface area contributed by atoms with Gasteiger partial charge in [0.25, 0.3) is 17.6 Å². The van der Waals surface area contributed by atoms with Crippen molar-refractivity contribution in [2.45, 2.75) is 23.6 Å². The van der Waals surface area contributed by atoms with E-state index in [-0.39, 0.29) is 0 Å². The van der Waals surface area contributed by atoms with E-state index in [1.807, 2.05) is 0 Å². The molecule has 0 bridgehead atoms. The molecule has 0 unspecified atom stereocenters. The average Bonchev–Trinajstić information content (AvgIpc) is 2.67. The van der Waals surface area contributed by atoms with Gasteiger partial charge in [0.1, 0.15) is 6.04 Å². The fraction of sp³-hybridized carbons (Fsp3) is 0.211. The first-order valence-corrected chi connectivity index (χ1v) is 9.10. The zero-order valence-corrected chi connectivity index (χ0v) is 15.7. The predicted octanol–water partition coefficient (Wildman–Crippen LogP) is 3.30. The van der Waals surface area contributed by atoms with Gasteiger partial charge in [0.15, 0.2) is 6.61 Å². The number of esters is 1. The second-order valence-electron chi connectivity index (χ2n) is 5.62. The van der Waals surface area contributed by atoms with Crippen LogP contribution in [0.2, 0.25) is 0 Å². The molecule has 0 saturated carbocycles. The molecule has 0 fully saturated rings. The smallest absolute Gasteiger partial charge is 0.328 e. The molecular weight excluding hydrogens is 390 g/mol. The molecule has 0 aliphatic heterocycles. The molecule has 148 valence electrons. The number of rotatable bonds is 8. The van der Waals surface area contributed by atoms with E-state index in [4.69, 9.17) is 4.74 Å². The van der Waals surface area contributed by atoms with Crippen LogP contribution < -0.4 is 10.6 Å². The van der Waals surface area contributed by atoms with Crippen molar-refractivity contribution in [1.82, 2.24) is 5.32 Å². The lowest BCUT2D eigenvalue weighted by atomic mass is 10.2. The molecule has 2 aromatic rings. The van der Waals surface area contributed by atoms with Crippen LogP contribution in [-0.2, 0) is 14.3 Å². The maximum Gasteiger partial charge on any atom is 0.328 e. The van der Waals surface area contributed by atoms with Crippen LogP contribution in [-0.4, -0.2) is 36.2 Å². The van der Waals surface area contributed by atoms with Gasteiger partial charge in [0, 0.05) is 16.1 Å². The van der Waals surface area contributed by atoms with E-state index in [0.717, 1.165) is 0 Å². The number of nitrogens with one attached hydrogen (secondary N) is 2. The monoisotopic (exact) mass is 408 g/mol. The molecule has 2 aromatic carbocycles. The Labute approximate surface area is 164 Å². The molecule has 1 atom stereocenters. The number of benzene rings is 2. The highest BCUT2D eigenvalue weighted by Crippen LogP contribution is 2.26. The van der Waals surface area contributed by atoms with Crippen molar-refractivity contribution in [3.05, 3.63) is 60.2 Å². The summed E-state index contributed by atoms with van der Waals surface area (Å²) in [6.07, 6.45) is 0. The molecule has 0 aromatic heterocycles. The molecule has 0 saturated heterocycles. The minimum atomic E-state index is -2.52. The second-order valence-corrected chi connectivity index (χ2v) is 6.68. The van der Waals surface area contributed by atoms with Crippen LogP contribution in [0.15, 0.2) is 59.5 Å². The summed E-state index contributed by atoms with van der Waals surface area (Å²) in [4.78, 5) is 36.1. The summed E-state index contributed by atoms with van der Waals surface area (Å²) in [7, 11) is 0. The van der Waals surface area contributed by atoms with Gasteiger partial charge in [-0.3, -0.25) is 9.59 Å². The standard InChI is InChI=1S/C19H18F2N2O4S/c1-12(22-17(25)13-5-3-2-4-6-13)18(26)27-11-16(24)23-14-7-9-15(10-8-14)28-19(20)21/h2-10,12,19H,11H2,1H3,(H,22,25)(H,23,24)/t12-/m0/s1. The molecule has 2 amide bonds. The second kappa shape index (κ2) is 10.4. The van der Waals surface area contributed by atoms with Gasteiger partial charge in [-0.25, -0.2) is 4.79 Å². The number of anilines is 1. The predicted molar refractivity (Wildman–Crippen MR) is 101 cm³/mol. The Hall–Kier alpha value is -2.94. The van der Waals surface area contributed by atoms with E-state index < -0.39 is 36.2 Å². The van der Waals surface area contributed by atoms with E-state index in [0.29, 0.717) is 27.9 Å². The first-order chi connectivity index (χ1) is 13.3. The Kier molecular flexibility index (Phi) is 7.94. The van der Waals surface area contributed by atoms with Crippen molar-refractivity contribution in [3.8, 4) is 0 Å². The number of hydrogen-bond acceptors (Lipinski definition) is 5. The van der Waals surface area contributed by atoms with Crippen LogP contribution in [0, 0.1) is 0 Å². The third kappa shape index (κ3) is 6.99. The first kappa shape index (κ1) is 21.4.